The van der Waals surface area contributed by atoms with E-state index in [1.807, 2.05) is 0 Å². The van der Waals surface area contributed by atoms with Gasteiger partial charge in [-0.1, -0.05) is 19.4 Å². The first-order chi connectivity index (χ1) is 5.41. The number of rotatable bonds is 7. The highest BCUT2D eigenvalue weighted by Gasteiger charge is 1.88. The third kappa shape index (κ3) is 9.74. The van der Waals surface area contributed by atoms with Crippen molar-refractivity contribution in [1.29, 1.82) is 0 Å². The van der Waals surface area contributed by atoms with Crippen molar-refractivity contribution in [3.8, 4) is 12.3 Å². The lowest BCUT2D eigenvalue weighted by Gasteiger charge is -1.99. The summed E-state index contributed by atoms with van der Waals surface area (Å²) in [5.41, 5.74) is 0. The van der Waals surface area contributed by atoms with Crippen molar-refractivity contribution in [3.05, 3.63) is 0 Å². The van der Waals surface area contributed by atoms with Crippen LogP contribution in [0.3, 0.4) is 0 Å². The number of terminal acetylenes is 1. The monoisotopic (exact) mass is 170 g/mol. The van der Waals surface area contributed by atoms with Gasteiger partial charge in [0.15, 0.2) is 9.76 Å². The maximum absolute atomic E-state index is 5.34. The Kier molecular flexibility index (Phi) is 9.50. The van der Waals surface area contributed by atoms with Crippen LogP contribution >= 0.6 is 0 Å². The lowest BCUT2D eigenvalue weighted by molar-refractivity contribution is 0.323. The van der Waals surface area contributed by atoms with Crippen molar-refractivity contribution in [1.82, 2.24) is 0 Å². The molecule has 0 amide bonds. The molecule has 64 valence electrons. The second-order valence-corrected chi connectivity index (χ2v) is 3.55. The molecular formula is C9H18OSi. The Bertz CT molecular complexity index is 107. The van der Waals surface area contributed by atoms with Crippen LogP contribution in [-0.2, 0) is 4.43 Å². The Balaban J connectivity index is 2.75. The highest BCUT2D eigenvalue weighted by Crippen LogP contribution is 2.01. The summed E-state index contributed by atoms with van der Waals surface area (Å²) in [6.45, 7) is 3.14. The maximum atomic E-state index is 5.34. The minimum absolute atomic E-state index is 0.162. The van der Waals surface area contributed by atoms with E-state index in [1.54, 1.807) is 0 Å². The molecule has 0 aliphatic rings. The summed E-state index contributed by atoms with van der Waals surface area (Å²) in [5.74, 6) is 2.65. The largest absolute Gasteiger partial charge is 0.424 e. The van der Waals surface area contributed by atoms with Gasteiger partial charge in [-0.2, -0.15) is 0 Å². The van der Waals surface area contributed by atoms with E-state index in [-0.39, 0.29) is 9.76 Å². The van der Waals surface area contributed by atoms with Crippen LogP contribution in [0.1, 0.15) is 32.1 Å². The van der Waals surface area contributed by atoms with E-state index < -0.39 is 0 Å². The van der Waals surface area contributed by atoms with Crippen molar-refractivity contribution in [2.24, 2.45) is 0 Å². The molecule has 0 unspecified atom stereocenters. The van der Waals surface area contributed by atoms with Gasteiger partial charge in [-0.3, -0.25) is 0 Å². The molecule has 0 aromatic carbocycles. The molecule has 1 nitrogen and oxygen atoms in total. The van der Waals surface area contributed by atoms with Crippen LogP contribution in [0.15, 0.2) is 0 Å². The lowest BCUT2D eigenvalue weighted by atomic mass is 10.1. The molecule has 0 fully saturated rings. The molecule has 0 aromatic rings. The first-order valence-corrected chi connectivity index (χ1v) is 6.42. The fourth-order valence-electron chi connectivity index (χ4n) is 0.929. The molecule has 0 N–H and O–H groups in total. The number of hydrogen-bond donors (Lipinski definition) is 0. The SMILES string of the molecule is C#CCCCCCCO[SiH2]C. The quantitative estimate of drug-likeness (QED) is 0.321. The molecule has 0 aliphatic heterocycles. The summed E-state index contributed by atoms with van der Waals surface area (Å²) in [6.07, 6.45) is 11.0. The summed E-state index contributed by atoms with van der Waals surface area (Å²) in [4.78, 5) is 0. The van der Waals surface area contributed by atoms with Gasteiger partial charge in [0.1, 0.15) is 0 Å². The summed E-state index contributed by atoms with van der Waals surface area (Å²) in [6, 6.07) is 0. The van der Waals surface area contributed by atoms with Gasteiger partial charge in [0.25, 0.3) is 0 Å². The Morgan fingerprint density at radius 1 is 1.27 bits per heavy atom. The zero-order valence-corrected chi connectivity index (χ0v) is 8.85. The van der Waals surface area contributed by atoms with E-state index in [4.69, 9.17) is 10.8 Å². The van der Waals surface area contributed by atoms with Crippen LogP contribution < -0.4 is 0 Å². The normalized spacial score (nSPS) is 10.5. The van der Waals surface area contributed by atoms with Crippen LogP contribution in [0.25, 0.3) is 0 Å². The first-order valence-electron chi connectivity index (χ1n) is 4.43. The van der Waals surface area contributed by atoms with Crippen molar-refractivity contribution in [3.63, 3.8) is 0 Å². The molecule has 0 atom stereocenters. The summed E-state index contributed by atoms with van der Waals surface area (Å²) in [7, 11) is -0.162. The Labute approximate surface area is 72.5 Å². The zero-order chi connectivity index (χ0) is 8.36. The van der Waals surface area contributed by atoms with E-state index in [0.717, 1.165) is 13.0 Å². The minimum atomic E-state index is -0.162. The Morgan fingerprint density at radius 3 is 2.64 bits per heavy atom. The van der Waals surface area contributed by atoms with Crippen molar-refractivity contribution >= 4 is 9.76 Å². The molecule has 0 saturated heterocycles. The summed E-state index contributed by atoms with van der Waals surface area (Å²) in [5, 5.41) is 0. The molecule has 0 saturated carbocycles. The average Bonchev–Trinajstić information content (AvgIpc) is 2.03. The van der Waals surface area contributed by atoms with Gasteiger partial charge in [0, 0.05) is 13.0 Å². The van der Waals surface area contributed by atoms with Crippen molar-refractivity contribution < 1.29 is 4.43 Å². The van der Waals surface area contributed by atoms with Gasteiger partial charge < -0.3 is 4.43 Å². The summed E-state index contributed by atoms with van der Waals surface area (Å²) < 4.78 is 5.34. The maximum Gasteiger partial charge on any atom is 0.158 e. The molecule has 0 rings (SSSR count). The van der Waals surface area contributed by atoms with Gasteiger partial charge in [0.05, 0.1) is 0 Å². The van der Waals surface area contributed by atoms with E-state index in [9.17, 15) is 0 Å². The Hall–Kier alpha value is -0.263. The minimum Gasteiger partial charge on any atom is -0.424 e. The number of hydrogen-bond acceptors (Lipinski definition) is 1. The average molecular weight is 170 g/mol. The van der Waals surface area contributed by atoms with Crippen LogP contribution in [0, 0.1) is 12.3 Å². The van der Waals surface area contributed by atoms with Gasteiger partial charge in [-0.25, -0.2) is 0 Å². The highest BCUT2D eigenvalue weighted by molar-refractivity contribution is 6.24. The standard InChI is InChI=1S/C9H18OSi/c1-3-4-5-6-7-8-9-10-11-2/h1H,4-9,11H2,2H3. The van der Waals surface area contributed by atoms with Crippen LogP contribution in [0.4, 0.5) is 0 Å². The fourth-order valence-corrected chi connectivity index (χ4v) is 1.42. The molecule has 0 bridgehead atoms. The van der Waals surface area contributed by atoms with E-state index >= 15 is 0 Å². The second kappa shape index (κ2) is 9.74. The molecule has 11 heavy (non-hydrogen) atoms. The Morgan fingerprint density at radius 2 is 2.00 bits per heavy atom. The highest BCUT2D eigenvalue weighted by atomic mass is 28.2. The predicted molar refractivity (Wildman–Crippen MR) is 52.3 cm³/mol. The zero-order valence-electron chi connectivity index (χ0n) is 7.44. The second-order valence-electron chi connectivity index (χ2n) is 2.57. The summed E-state index contributed by atoms with van der Waals surface area (Å²) >= 11 is 0. The molecular weight excluding hydrogens is 152 g/mol. The third-order valence-corrected chi connectivity index (χ3v) is 2.26. The van der Waals surface area contributed by atoms with E-state index in [0.29, 0.717) is 0 Å². The molecule has 0 heterocycles. The van der Waals surface area contributed by atoms with Gasteiger partial charge >= 0.3 is 0 Å². The molecule has 0 radical (unpaired) electrons. The van der Waals surface area contributed by atoms with Crippen molar-refractivity contribution in [2.45, 2.75) is 38.7 Å². The van der Waals surface area contributed by atoms with E-state index in [1.165, 1.54) is 25.7 Å². The van der Waals surface area contributed by atoms with Crippen LogP contribution in [0.5, 0.6) is 0 Å². The van der Waals surface area contributed by atoms with E-state index in [2.05, 4.69) is 12.5 Å². The molecule has 0 aromatic heterocycles. The fraction of sp³-hybridized carbons (Fsp3) is 0.778. The third-order valence-electron chi connectivity index (χ3n) is 1.56. The smallest absolute Gasteiger partial charge is 0.158 e. The lowest BCUT2D eigenvalue weighted by Crippen LogP contribution is -1.95. The first kappa shape index (κ1) is 10.7. The molecule has 0 aliphatic carbocycles. The van der Waals surface area contributed by atoms with Crippen LogP contribution in [-0.4, -0.2) is 16.4 Å². The number of unbranched alkanes of at least 4 members (excludes halogenated alkanes) is 4. The molecule has 0 spiro atoms. The predicted octanol–water partition coefficient (Wildman–Crippen LogP) is 1.72. The van der Waals surface area contributed by atoms with Crippen LogP contribution in [0.2, 0.25) is 6.55 Å². The van der Waals surface area contributed by atoms with Gasteiger partial charge in [0.2, 0.25) is 0 Å². The van der Waals surface area contributed by atoms with Gasteiger partial charge in [-0.15, -0.1) is 12.3 Å². The van der Waals surface area contributed by atoms with Crippen molar-refractivity contribution in [2.75, 3.05) is 6.61 Å². The topological polar surface area (TPSA) is 9.23 Å². The van der Waals surface area contributed by atoms with Gasteiger partial charge in [-0.05, 0) is 12.8 Å². The molecule has 2 heteroatoms.